The zero-order valence-corrected chi connectivity index (χ0v) is 16.6. The minimum Gasteiger partial charge on any atom is -0.322 e. The quantitative estimate of drug-likeness (QED) is 0.837. The maximum Gasteiger partial charge on any atom is 0.255 e. The summed E-state index contributed by atoms with van der Waals surface area (Å²) in [4.78, 5) is 12.7. The molecule has 1 aliphatic heterocycles. The van der Waals surface area contributed by atoms with Crippen LogP contribution < -0.4 is 5.32 Å². The number of amides is 1. The second-order valence-electron chi connectivity index (χ2n) is 7.02. The summed E-state index contributed by atoms with van der Waals surface area (Å²) in [6.45, 7) is 4.55. The van der Waals surface area contributed by atoms with Crippen molar-refractivity contribution < 1.29 is 13.2 Å². The number of nitrogens with zero attached hydrogens (tertiary/aromatic N) is 1. The van der Waals surface area contributed by atoms with Gasteiger partial charge in [-0.1, -0.05) is 25.5 Å². The van der Waals surface area contributed by atoms with Crippen LogP contribution in [0.25, 0.3) is 0 Å². The molecule has 1 atom stereocenters. The van der Waals surface area contributed by atoms with Crippen LogP contribution in [0.5, 0.6) is 0 Å². The van der Waals surface area contributed by atoms with E-state index in [1.165, 1.54) is 12.1 Å². The number of carbonyl (C=O) groups is 1. The van der Waals surface area contributed by atoms with Crippen molar-refractivity contribution >= 4 is 21.6 Å². The molecular formula is C21H26N2O3S. The largest absolute Gasteiger partial charge is 0.322 e. The molecule has 0 aliphatic carbocycles. The van der Waals surface area contributed by atoms with Gasteiger partial charge in [-0.2, -0.15) is 4.31 Å². The lowest BCUT2D eigenvalue weighted by Crippen LogP contribution is -2.43. The van der Waals surface area contributed by atoms with Crippen LogP contribution in [-0.2, 0) is 10.0 Å². The van der Waals surface area contributed by atoms with Gasteiger partial charge >= 0.3 is 0 Å². The van der Waals surface area contributed by atoms with Gasteiger partial charge in [0.1, 0.15) is 0 Å². The van der Waals surface area contributed by atoms with Gasteiger partial charge in [-0.3, -0.25) is 4.79 Å². The normalized spacial score (nSPS) is 18.2. The molecule has 1 amide bonds. The van der Waals surface area contributed by atoms with Crippen molar-refractivity contribution in [3.63, 3.8) is 0 Å². The third kappa shape index (κ3) is 4.39. The van der Waals surface area contributed by atoms with Gasteiger partial charge in [-0.05, 0) is 68.1 Å². The second kappa shape index (κ2) is 8.23. The predicted octanol–water partition coefficient (Wildman–Crippen LogP) is 4.20. The van der Waals surface area contributed by atoms with E-state index in [0.29, 0.717) is 12.1 Å². The van der Waals surface area contributed by atoms with Crippen LogP contribution in [0.1, 0.15) is 48.5 Å². The molecule has 1 unspecified atom stereocenters. The van der Waals surface area contributed by atoms with Gasteiger partial charge in [-0.25, -0.2) is 8.42 Å². The monoisotopic (exact) mass is 386 g/mol. The van der Waals surface area contributed by atoms with Gasteiger partial charge in [0, 0.05) is 23.8 Å². The fourth-order valence-corrected chi connectivity index (χ4v) is 5.31. The zero-order valence-electron chi connectivity index (χ0n) is 15.8. The highest BCUT2D eigenvalue weighted by Crippen LogP contribution is 2.27. The topological polar surface area (TPSA) is 66.5 Å². The van der Waals surface area contributed by atoms with E-state index in [0.717, 1.165) is 36.9 Å². The Morgan fingerprint density at radius 1 is 1.15 bits per heavy atom. The number of hydrogen-bond donors (Lipinski definition) is 1. The number of benzene rings is 2. The highest BCUT2D eigenvalue weighted by Gasteiger charge is 2.32. The molecule has 0 aromatic heterocycles. The van der Waals surface area contributed by atoms with Gasteiger partial charge in [0.15, 0.2) is 0 Å². The van der Waals surface area contributed by atoms with Gasteiger partial charge in [0.05, 0.1) is 4.90 Å². The second-order valence-corrected chi connectivity index (χ2v) is 8.91. The Morgan fingerprint density at radius 2 is 1.89 bits per heavy atom. The molecule has 1 heterocycles. The first-order valence-electron chi connectivity index (χ1n) is 9.41. The van der Waals surface area contributed by atoms with E-state index in [9.17, 15) is 13.2 Å². The predicted molar refractivity (Wildman–Crippen MR) is 107 cm³/mol. The third-order valence-corrected chi connectivity index (χ3v) is 7.01. The lowest BCUT2D eigenvalue weighted by Gasteiger charge is -2.34. The number of sulfonamides is 1. The van der Waals surface area contributed by atoms with E-state index in [2.05, 4.69) is 5.32 Å². The van der Waals surface area contributed by atoms with E-state index in [1.807, 2.05) is 38.1 Å². The van der Waals surface area contributed by atoms with Crippen molar-refractivity contribution in [1.82, 2.24) is 4.31 Å². The number of piperidine rings is 1. The molecule has 0 radical (unpaired) electrons. The first-order chi connectivity index (χ1) is 12.9. The lowest BCUT2D eigenvalue weighted by atomic mass is 10.0. The molecule has 6 heteroatoms. The SMILES string of the molecule is CCC1CCCCN1S(=O)(=O)c1ccc(C(=O)Nc2cccc(C)c2)cc1. The molecular weight excluding hydrogens is 360 g/mol. The number of carbonyl (C=O) groups excluding carboxylic acids is 1. The summed E-state index contributed by atoms with van der Waals surface area (Å²) in [6, 6.07) is 13.8. The number of aryl methyl sites for hydroxylation is 1. The fraction of sp³-hybridized carbons (Fsp3) is 0.381. The van der Waals surface area contributed by atoms with E-state index < -0.39 is 10.0 Å². The summed E-state index contributed by atoms with van der Waals surface area (Å²) < 4.78 is 27.6. The standard InChI is InChI=1S/C21H26N2O3S/c1-3-19-9-4-5-14-23(19)27(25,26)20-12-10-17(11-13-20)21(24)22-18-8-6-7-16(2)15-18/h6-8,10-13,15,19H,3-5,9,14H2,1-2H3,(H,22,24). The molecule has 144 valence electrons. The molecule has 1 aliphatic rings. The minimum absolute atomic E-state index is 0.0630. The Kier molecular flexibility index (Phi) is 5.97. The van der Waals surface area contributed by atoms with Crippen molar-refractivity contribution in [2.45, 2.75) is 50.5 Å². The van der Waals surface area contributed by atoms with Crippen LogP contribution >= 0.6 is 0 Å². The van der Waals surface area contributed by atoms with Gasteiger partial charge in [-0.15, -0.1) is 0 Å². The van der Waals surface area contributed by atoms with Crippen molar-refractivity contribution in [2.24, 2.45) is 0 Å². The molecule has 2 aromatic rings. The third-order valence-electron chi connectivity index (χ3n) is 5.04. The van der Waals surface area contributed by atoms with Gasteiger partial charge in [0.2, 0.25) is 10.0 Å². The molecule has 1 saturated heterocycles. The van der Waals surface area contributed by atoms with Crippen LogP contribution in [-0.4, -0.2) is 31.2 Å². The molecule has 3 rings (SSSR count). The van der Waals surface area contributed by atoms with E-state index in [-0.39, 0.29) is 16.8 Å². The van der Waals surface area contributed by atoms with E-state index in [1.54, 1.807) is 16.4 Å². The first-order valence-corrected chi connectivity index (χ1v) is 10.9. The summed E-state index contributed by atoms with van der Waals surface area (Å²) >= 11 is 0. The maximum atomic E-state index is 13.0. The average molecular weight is 387 g/mol. The van der Waals surface area contributed by atoms with Crippen LogP contribution in [0.15, 0.2) is 53.4 Å². The smallest absolute Gasteiger partial charge is 0.255 e. The number of anilines is 1. The summed E-state index contributed by atoms with van der Waals surface area (Å²) in [7, 11) is -3.53. The highest BCUT2D eigenvalue weighted by molar-refractivity contribution is 7.89. The Hall–Kier alpha value is -2.18. The summed E-state index contributed by atoms with van der Waals surface area (Å²) in [5, 5.41) is 2.84. The van der Waals surface area contributed by atoms with Gasteiger partial charge in [0.25, 0.3) is 5.91 Å². The van der Waals surface area contributed by atoms with Crippen molar-refractivity contribution in [2.75, 3.05) is 11.9 Å². The summed E-state index contributed by atoms with van der Waals surface area (Å²) in [5.41, 5.74) is 2.21. The Morgan fingerprint density at radius 3 is 2.56 bits per heavy atom. The summed E-state index contributed by atoms with van der Waals surface area (Å²) in [5.74, 6) is -0.256. The fourth-order valence-electron chi connectivity index (χ4n) is 3.54. The van der Waals surface area contributed by atoms with Gasteiger partial charge < -0.3 is 5.32 Å². The van der Waals surface area contributed by atoms with Crippen molar-refractivity contribution in [1.29, 1.82) is 0 Å². The Labute approximate surface area is 161 Å². The van der Waals surface area contributed by atoms with Crippen LogP contribution in [0.2, 0.25) is 0 Å². The molecule has 0 saturated carbocycles. The minimum atomic E-state index is -3.53. The molecule has 5 nitrogen and oxygen atoms in total. The number of nitrogens with one attached hydrogen (secondary N) is 1. The average Bonchev–Trinajstić information content (AvgIpc) is 2.68. The molecule has 27 heavy (non-hydrogen) atoms. The van der Waals surface area contributed by atoms with Crippen LogP contribution in [0.3, 0.4) is 0 Å². The molecule has 0 spiro atoms. The number of hydrogen-bond acceptors (Lipinski definition) is 3. The van der Waals surface area contributed by atoms with E-state index >= 15 is 0 Å². The molecule has 1 fully saturated rings. The Bertz CT molecular complexity index is 907. The van der Waals surface area contributed by atoms with Crippen molar-refractivity contribution in [3.05, 3.63) is 59.7 Å². The molecule has 1 N–H and O–H groups in total. The zero-order chi connectivity index (χ0) is 19.4. The number of rotatable bonds is 5. The van der Waals surface area contributed by atoms with Crippen molar-refractivity contribution in [3.8, 4) is 0 Å². The Balaban J connectivity index is 1.77. The molecule has 2 aromatic carbocycles. The van der Waals surface area contributed by atoms with Crippen LogP contribution in [0.4, 0.5) is 5.69 Å². The summed E-state index contributed by atoms with van der Waals surface area (Å²) in [6.07, 6.45) is 3.69. The first kappa shape index (κ1) is 19.6. The lowest BCUT2D eigenvalue weighted by molar-refractivity contribution is 0.102. The highest BCUT2D eigenvalue weighted by atomic mass is 32.2. The maximum absolute atomic E-state index is 13.0. The van der Waals surface area contributed by atoms with Crippen LogP contribution in [0, 0.1) is 6.92 Å². The molecule has 0 bridgehead atoms. The van der Waals surface area contributed by atoms with E-state index in [4.69, 9.17) is 0 Å².